The maximum atomic E-state index is 13.9. The Morgan fingerprint density at radius 3 is 2.09 bits per heavy atom. The number of hydrogen-bond acceptors (Lipinski definition) is 7. The summed E-state index contributed by atoms with van der Waals surface area (Å²) in [5.74, 6) is -1.44. The van der Waals surface area contributed by atoms with Gasteiger partial charge in [-0.15, -0.1) is 0 Å². The van der Waals surface area contributed by atoms with Crippen LogP contribution in [0, 0.1) is 0 Å². The molecule has 0 spiro atoms. The van der Waals surface area contributed by atoms with Crippen LogP contribution in [0.4, 0.5) is 9.59 Å². The van der Waals surface area contributed by atoms with E-state index in [0.29, 0.717) is 0 Å². The number of sulfonamides is 1. The lowest BCUT2D eigenvalue weighted by Gasteiger charge is -2.41. The molecule has 0 saturated carbocycles. The van der Waals surface area contributed by atoms with Crippen molar-refractivity contribution < 1.29 is 42.0 Å². The number of halogens is 1. The highest BCUT2D eigenvalue weighted by molar-refractivity contribution is 9.10. The normalized spacial score (nSPS) is 21.4. The number of hydrogen-bond donors (Lipinski definition) is 1. The van der Waals surface area contributed by atoms with Gasteiger partial charge in [0, 0.05) is 17.3 Å². The highest BCUT2D eigenvalue weighted by Gasteiger charge is 2.66. The minimum atomic E-state index is -4.79. The van der Waals surface area contributed by atoms with E-state index in [1.807, 2.05) is 0 Å². The largest absolute Gasteiger partial charge is 0.543 e. The van der Waals surface area contributed by atoms with E-state index in [9.17, 15) is 27.9 Å². The van der Waals surface area contributed by atoms with Gasteiger partial charge in [-0.3, -0.25) is 0 Å². The molecule has 33 heavy (non-hydrogen) atoms. The molecule has 0 aromatic heterocycles. The molecule has 2 unspecified atom stereocenters. The minimum Gasteiger partial charge on any atom is -0.477 e. The van der Waals surface area contributed by atoms with Crippen molar-refractivity contribution in [3.8, 4) is 0 Å². The van der Waals surface area contributed by atoms with Crippen LogP contribution in [0.1, 0.15) is 54.4 Å². The van der Waals surface area contributed by atoms with Gasteiger partial charge < -0.3 is 14.6 Å². The van der Waals surface area contributed by atoms with Gasteiger partial charge in [0.25, 0.3) is 0 Å². The Morgan fingerprint density at radius 1 is 1.06 bits per heavy atom. The summed E-state index contributed by atoms with van der Waals surface area (Å²) in [6, 6.07) is 4.14. The molecule has 0 aliphatic carbocycles. The number of carboxylic acids is 1. The van der Waals surface area contributed by atoms with E-state index in [0.717, 1.165) is 0 Å². The van der Waals surface area contributed by atoms with Crippen LogP contribution in [0.2, 0.25) is 0 Å². The van der Waals surface area contributed by atoms with E-state index in [1.165, 1.54) is 39.0 Å². The van der Waals surface area contributed by atoms with E-state index in [4.69, 9.17) is 9.47 Å². The van der Waals surface area contributed by atoms with Gasteiger partial charge in [-0.25, -0.2) is 9.59 Å². The van der Waals surface area contributed by atoms with Gasteiger partial charge in [-0.1, -0.05) is 16.7 Å². The van der Waals surface area contributed by atoms with Crippen LogP contribution in [-0.2, 0) is 24.3 Å². The van der Waals surface area contributed by atoms with Crippen molar-refractivity contribution in [2.45, 2.75) is 76.5 Å². The summed E-state index contributed by atoms with van der Waals surface area (Å²) >= 11 is 3.17. The van der Waals surface area contributed by atoms with E-state index < -0.39 is 50.0 Å². The average Bonchev–Trinajstić information content (AvgIpc) is 3.04. The number of carbonyl (C=O) groups is 3. The maximum absolute atomic E-state index is 13.9. The fourth-order valence-electron chi connectivity index (χ4n) is 3.54. The molecule has 1 heterocycles. The van der Waals surface area contributed by atoms with Gasteiger partial charge in [0.15, 0.2) is 0 Å². The number of benzene rings is 1. The van der Waals surface area contributed by atoms with Gasteiger partial charge >= 0.3 is 28.2 Å². The molecule has 1 N–H and O–H groups in total. The SMILES string of the molecule is CC(C)(C)OC(=O)N([N+]1(C(=O)OC(C)(C)C)CCCC1C(=O)O)S(=O)(=O)c1ccccc1Br. The molecule has 1 aliphatic heterocycles. The maximum Gasteiger partial charge on any atom is 0.543 e. The third-order valence-electron chi connectivity index (χ3n) is 4.70. The molecular weight excluding hydrogens is 520 g/mol. The molecule has 2 amide bonds. The van der Waals surface area contributed by atoms with E-state index >= 15 is 0 Å². The lowest BCUT2D eigenvalue weighted by atomic mass is 10.2. The number of aliphatic carboxylic acids is 1. The van der Waals surface area contributed by atoms with Crippen molar-refractivity contribution in [3.63, 3.8) is 0 Å². The molecule has 1 saturated heterocycles. The minimum absolute atomic E-state index is 0.0423. The van der Waals surface area contributed by atoms with Crippen molar-refractivity contribution in [2.75, 3.05) is 6.54 Å². The Kier molecular flexibility index (Phi) is 7.57. The predicted octanol–water partition coefficient (Wildman–Crippen LogP) is 4.29. The zero-order valence-electron chi connectivity index (χ0n) is 19.5. The molecule has 0 bridgehead atoms. The molecule has 12 heteroatoms. The van der Waals surface area contributed by atoms with Gasteiger partial charge in [-0.05, 0) is 74.0 Å². The topological polar surface area (TPSA) is 127 Å². The van der Waals surface area contributed by atoms with Crippen LogP contribution in [0.3, 0.4) is 0 Å². The number of nitrogens with zero attached hydrogens (tertiary/aromatic N) is 2. The van der Waals surface area contributed by atoms with Crippen LogP contribution in [0.5, 0.6) is 0 Å². The predicted molar refractivity (Wildman–Crippen MR) is 121 cm³/mol. The zero-order valence-corrected chi connectivity index (χ0v) is 21.9. The van der Waals surface area contributed by atoms with Crippen molar-refractivity contribution >= 4 is 44.1 Å². The van der Waals surface area contributed by atoms with Crippen LogP contribution in [-0.4, -0.2) is 64.5 Å². The molecule has 1 fully saturated rings. The summed E-state index contributed by atoms with van der Waals surface area (Å²) in [5.41, 5.74) is -2.21. The fraction of sp³-hybridized carbons (Fsp3) is 0.571. The van der Waals surface area contributed by atoms with Crippen molar-refractivity contribution in [2.24, 2.45) is 0 Å². The molecular formula is C21H30BrN2O8S+. The fourth-order valence-corrected chi connectivity index (χ4v) is 6.07. The van der Waals surface area contributed by atoms with Crippen LogP contribution >= 0.6 is 15.9 Å². The molecule has 2 atom stereocenters. The van der Waals surface area contributed by atoms with Gasteiger partial charge in [0.05, 0.1) is 0 Å². The molecule has 1 aliphatic rings. The third-order valence-corrected chi connectivity index (χ3v) is 7.46. The van der Waals surface area contributed by atoms with Crippen LogP contribution in [0.15, 0.2) is 33.6 Å². The summed E-state index contributed by atoms with van der Waals surface area (Å²) in [4.78, 5) is 38.8. The van der Waals surface area contributed by atoms with Crippen molar-refractivity contribution in [3.05, 3.63) is 28.7 Å². The van der Waals surface area contributed by atoms with Crippen LogP contribution < -0.4 is 0 Å². The Morgan fingerprint density at radius 2 is 1.61 bits per heavy atom. The summed E-state index contributed by atoms with van der Waals surface area (Å²) in [6.45, 7) is 9.00. The molecule has 184 valence electrons. The standard InChI is InChI=1S/C21H29BrN2O8S/c1-20(2,3)31-18(27)23(33(29,30)16-12-8-7-10-14(16)22)24(19(28)32-21(4,5)6)13-9-11-15(24)17(25)26/h7-8,10,12,15H,9,11,13H2,1-6H3/p+1. The second-order valence-electron chi connectivity index (χ2n) is 9.69. The Labute approximate surface area is 202 Å². The van der Waals surface area contributed by atoms with E-state index in [1.54, 1.807) is 26.8 Å². The quantitative estimate of drug-likeness (QED) is 0.553. The second-order valence-corrected chi connectivity index (χ2v) is 12.3. The average molecular weight is 550 g/mol. The summed E-state index contributed by atoms with van der Waals surface area (Å²) in [6.07, 6.45) is -2.42. The monoisotopic (exact) mass is 549 g/mol. The van der Waals surface area contributed by atoms with Gasteiger partial charge in [0.1, 0.15) is 22.6 Å². The molecule has 10 nitrogen and oxygen atoms in total. The Balaban J connectivity index is 2.87. The van der Waals surface area contributed by atoms with E-state index in [-0.39, 0.29) is 33.2 Å². The third kappa shape index (κ3) is 5.67. The first-order valence-electron chi connectivity index (χ1n) is 10.3. The number of likely N-dealkylation sites (tertiary alicyclic amines) is 1. The molecule has 1 aromatic rings. The van der Waals surface area contributed by atoms with Gasteiger partial charge in [0.2, 0.25) is 6.04 Å². The molecule has 2 rings (SSSR count). The smallest absolute Gasteiger partial charge is 0.477 e. The Bertz CT molecular complexity index is 1050. The van der Waals surface area contributed by atoms with E-state index in [2.05, 4.69) is 15.9 Å². The highest BCUT2D eigenvalue weighted by Crippen LogP contribution is 2.39. The van der Waals surface area contributed by atoms with Crippen molar-refractivity contribution in [1.82, 2.24) is 4.41 Å². The summed E-state index contributed by atoms with van der Waals surface area (Å²) in [7, 11) is -4.79. The first-order valence-corrected chi connectivity index (χ1v) is 12.5. The van der Waals surface area contributed by atoms with Crippen LogP contribution in [0.25, 0.3) is 0 Å². The lowest BCUT2D eigenvalue weighted by Crippen LogP contribution is -2.71. The number of amides is 2. The number of rotatable bonds is 3. The van der Waals surface area contributed by atoms with Crippen molar-refractivity contribution in [1.29, 1.82) is 0 Å². The molecule has 0 radical (unpaired) electrons. The first-order chi connectivity index (χ1) is 14.9. The number of carbonyl (C=O) groups excluding carboxylic acids is 2. The molecule has 1 aromatic carbocycles. The summed E-state index contributed by atoms with van der Waals surface area (Å²) < 4.78 is 37.6. The highest BCUT2D eigenvalue weighted by atomic mass is 79.9. The second kappa shape index (κ2) is 9.22. The lowest BCUT2D eigenvalue weighted by molar-refractivity contribution is -0.944. The number of carboxylic acid groups (broad SMARTS) is 1. The number of quaternary nitrogens is 1. The zero-order chi connectivity index (χ0) is 25.4. The number of ether oxygens (including phenoxy) is 2. The Hall–Kier alpha value is -2.18. The van der Waals surface area contributed by atoms with Gasteiger partial charge in [-0.2, -0.15) is 13.2 Å². The first kappa shape index (κ1) is 27.1. The summed E-state index contributed by atoms with van der Waals surface area (Å²) in [5, 5.41) is 9.94.